The Morgan fingerprint density at radius 1 is 1.15 bits per heavy atom. The largest absolute Gasteiger partial charge is 0.494 e. The Morgan fingerprint density at radius 2 is 1.89 bits per heavy atom. The number of amides is 3. The molecule has 1 saturated heterocycles. The number of nitrogens with one attached hydrogen (secondary N) is 2. The summed E-state index contributed by atoms with van der Waals surface area (Å²) in [6.45, 7) is 7.17. The van der Waals surface area contributed by atoms with Crippen LogP contribution in [0.4, 0.5) is 16.2 Å². The second-order valence-corrected chi connectivity index (χ2v) is 6.66. The van der Waals surface area contributed by atoms with E-state index in [1.807, 2.05) is 39.0 Å². The molecular formula is C21H25N3O3. The van der Waals surface area contributed by atoms with Gasteiger partial charge in [0, 0.05) is 17.9 Å². The molecular weight excluding hydrogens is 342 g/mol. The van der Waals surface area contributed by atoms with Crippen LogP contribution in [-0.2, 0) is 4.79 Å². The van der Waals surface area contributed by atoms with E-state index in [0.29, 0.717) is 25.3 Å². The molecule has 1 atom stereocenters. The normalized spacial score (nSPS) is 16.3. The molecule has 2 aromatic carbocycles. The van der Waals surface area contributed by atoms with Crippen molar-refractivity contribution in [3.8, 4) is 5.75 Å². The van der Waals surface area contributed by atoms with Crippen LogP contribution in [0.15, 0.2) is 42.5 Å². The number of nitrogens with zero attached hydrogens (tertiary/aromatic N) is 1. The van der Waals surface area contributed by atoms with Gasteiger partial charge in [-0.3, -0.25) is 4.79 Å². The maximum atomic E-state index is 12.7. The smallest absolute Gasteiger partial charge is 0.319 e. The lowest BCUT2D eigenvalue weighted by Gasteiger charge is -2.18. The monoisotopic (exact) mass is 367 g/mol. The van der Waals surface area contributed by atoms with E-state index >= 15 is 0 Å². The molecule has 1 heterocycles. The summed E-state index contributed by atoms with van der Waals surface area (Å²) in [6.07, 6.45) is 0.586. The van der Waals surface area contributed by atoms with Gasteiger partial charge in [-0.05, 0) is 74.7 Å². The number of hydrogen-bond donors (Lipinski definition) is 2. The first kappa shape index (κ1) is 18.8. The number of anilines is 2. The zero-order chi connectivity index (χ0) is 19.4. The molecule has 0 unspecified atom stereocenters. The van der Waals surface area contributed by atoms with Crippen LogP contribution >= 0.6 is 0 Å². The van der Waals surface area contributed by atoms with E-state index < -0.39 is 6.04 Å². The predicted octanol–water partition coefficient (Wildman–Crippen LogP) is 3.63. The maximum absolute atomic E-state index is 12.7. The lowest BCUT2D eigenvalue weighted by Crippen LogP contribution is -2.43. The minimum absolute atomic E-state index is 0.0832. The van der Waals surface area contributed by atoms with Gasteiger partial charge in [0.1, 0.15) is 11.8 Å². The molecule has 0 saturated carbocycles. The zero-order valence-corrected chi connectivity index (χ0v) is 15.9. The number of ether oxygens (including phenoxy) is 1. The number of aryl methyl sites for hydroxylation is 2. The Labute approximate surface area is 159 Å². The van der Waals surface area contributed by atoms with Crippen LogP contribution in [0.3, 0.4) is 0 Å². The van der Waals surface area contributed by atoms with Crippen molar-refractivity contribution in [3.05, 3.63) is 53.6 Å². The van der Waals surface area contributed by atoms with Gasteiger partial charge in [-0.1, -0.05) is 6.07 Å². The van der Waals surface area contributed by atoms with Gasteiger partial charge in [0.2, 0.25) is 5.91 Å². The number of carbonyl (C=O) groups is 2. The first-order valence-electron chi connectivity index (χ1n) is 9.17. The lowest BCUT2D eigenvalue weighted by atomic mass is 10.1. The van der Waals surface area contributed by atoms with Crippen molar-refractivity contribution in [1.29, 1.82) is 0 Å². The number of rotatable bonds is 5. The Balaban J connectivity index is 1.58. The zero-order valence-electron chi connectivity index (χ0n) is 15.9. The number of carbonyl (C=O) groups excluding carboxylic acids is 2. The predicted molar refractivity (Wildman–Crippen MR) is 106 cm³/mol. The van der Waals surface area contributed by atoms with E-state index in [4.69, 9.17) is 4.74 Å². The van der Waals surface area contributed by atoms with E-state index in [0.717, 1.165) is 17.0 Å². The summed E-state index contributed by atoms with van der Waals surface area (Å²) in [7, 11) is 0. The molecule has 2 N–H and O–H groups in total. The summed E-state index contributed by atoms with van der Waals surface area (Å²) in [5.74, 6) is 0.665. The molecule has 1 aliphatic rings. The standard InChI is InChI=1S/C21H25N3O3/c1-4-27-18-9-6-16(7-10-18)22-21(26)23-19-11-12-24(20(19)25)17-8-5-14(2)15(3)13-17/h5-10,13,19H,4,11-12H2,1-3H3,(H2,22,23,26)/t19-/m0/s1. The number of urea groups is 1. The van der Waals surface area contributed by atoms with E-state index in [1.54, 1.807) is 29.2 Å². The van der Waals surface area contributed by atoms with E-state index in [-0.39, 0.29) is 11.9 Å². The van der Waals surface area contributed by atoms with Crippen molar-refractivity contribution < 1.29 is 14.3 Å². The minimum atomic E-state index is -0.519. The fraction of sp³-hybridized carbons (Fsp3) is 0.333. The number of benzene rings is 2. The summed E-state index contributed by atoms with van der Waals surface area (Å²) in [5.41, 5.74) is 3.85. The van der Waals surface area contributed by atoms with Crippen molar-refractivity contribution in [1.82, 2.24) is 5.32 Å². The summed E-state index contributed by atoms with van der Waals surface area (Å²) < 4.78 is 5.38. The maximum Gasteiger partial charge on any atom is 0.319 e. The molecule has 0 radical (unpaired) electrons. The second-order valence-electron chi connectivity index (χ2n) is 6.66. The highest BCUT2D eigenvalue weighted by Crippen LogP contribution is 2.24. The average molecular weight is 367 g/mol. The van der Waals surface area contributed by atoms with Gasteiger partial charge in [-0.25, -0.2) is 4.79 Å². The van der Waals surface area contributed by atoms with Gasteiger partial charge in [0.25, 0.3) is 0 Å². The Bertz CT molecular complexity index is 833. The summed E-state index contributed by atoms with van der Waals surface area (Å²) in [5, 5.41) is 5.52. The highest BCUT2D eigenvalue weighted by molar-refractivity contribution is 6.02. The van der Waals surface area contributed by atoms with Crippen LogP contribution < -0.4 is 20.3 Å². The van der Waals surface area contributed by atoms with Crippen LogP contribution in [0.1, 0.15) is 24.5 Å². The fourth-order valence-corrected chi connectivity index (χ4v) is 3.09. The molecule has 3 amide bonds. The third-order valence-electron chi connectivity index (χ3n) is 4.74. The van der Waals surface area contributed by atoms with Crippen LogP contribution in [0.2, 0.25) is 0 Å². The van der Waals surface area contributed by atoms with Gasteiger partial charge in [-0.2, -0.15) is 0 Å². The molecule has 0 spiro atoms. The molecule has 27 heavy (non-hydrogen) atoms. The molecule has 0 bridgehead atoms. The van der Waals surface area contributed by atoms with Gasteiger partial charge in [-0.15, -0.1) is 0 Å². The molecule has 142 valence electrons. The summed E-state index contributed by atoms with van der Waals surface area (Å²) >= 11 is 0. The highest BCUT2D eigenvalue weighted by Gasteiger charge is 2.33. The summed E-state index contributed by atoms with van der Waals surface area (Å²) in [4.78, 5) is 26.6. The van der Waals surface area contributed by atoms with Crippen LogP contribution in [-0.4, -0.2) is 31.1 Å². The fourth-order valence-electron chi connectivity index (χ4n) is 3.09. The lowest BCUT2D eigenvalue weighted by molar-refractivity contribution is -0.118. The van der Waals surface area contributed by atoms with E-state index in [2.05, 4.69) is 10.6 Å². The van der Waals surface area contributed by atoms with Crippen LogP contribution in [0.5, 0.6) is 5.75 Å². The first-order chi connectivity index (χ1) is 13.0. The topological polar surface area (TPSA) is 70.7 Å². The Kier molecular flexibility index (Phi) is 5.64. The van der Waals surface area contributed by atoms with E-state index in [9.17, 15) is 9.59 Å². The van der Waals surface area contributed by atoms with Gasteiger partial charge in [0.15, 0.2) is 0 Å². The Morgan fingerprint density at radius 3 is 2.56 bits per heavy atom. The average Bonchev–Trinajstić information content (AvgIpc) is 3.00. The van der Waals surface area contributed by atoms with Crippen molar-refractivity contribution in [2.45, 2.75) is 33.2 Å². The molecule has 1 aliphatic heterocycles. The van der Waals surface area contributed by atoms with Crippen molar-refractivity contribution in [3.63, 3.8) is 0 Å². The third kappa shape index (κ3) is 4.39. The SMILES string of the molecule is CCOc1ccc(NC(=O)N[C@H]2CCN(c3ccc(C)c(C)c3)C2=O)cc1. The van der Waals surface area contributed by atoms with E-state index in [1.165, 1.54) is 5.56 Å². The third-order valence-corrected chi connectivity index (χ3v) is 4.74. The van der Waals surface area contributed by atoms with Crippen molar-refractivity contribution in [2.75, 3.05) is 23.4 Å². The van der Waals surface area contributed by atoms with Gasteiger partial charge in [0.05, 0.1) is 6.61 Å². The Hall–Kier alpha value is -3.02. The molecule has 6 heteroatoms. The van der Waals surface area contributed by atoms with Gasteiger partial charge < -0.3 is 20.3 Å². The first-order valence-corrected chi connectivity index (χ1v) is 9.17. The second kappa shape index (κ2) is 8.12. The highest BCUT2D eigenvalue weighted by atomic mass is 16.5. The summed E-state index contributed by atoms with van der Waals surface area (Å²) in [6, 6.07) is 12.2. The molecule has 6 nitrogen and oxygen atoms in total. The van der Waals surface area contributed by atoms with Crippen molar-refractivity contribution in [2.24, 2.45) is 0 Å². The van der Waals surface area contributed by atoms with Crippen molar-refractivity contribution >= 4 is 23.3 Å². The molecule has 3 rings (SSSR count). The number of hydrogen-bond acceptors (Lipinski definition) is 3. The quantitative estimate of drug-likeness (QED) is 0.848. The molecule has 0 aliphatic carbocycles. The molecule has 0 aromatic heterocycles. The van der Waals surface area contributed by atoms with Crippen LogP contribution in [0, 0.1) is 13.8 Å². The molecule has 1 fully saturated rings. The molecule has 2 aromatic rings. The van der Waals surface area contributed by atoms with Gasteiger partial charge >= 0.3 is 6.03 Å². The van der Waals surface area contributed by atoms with Crippen LogP contribution in [0.25, 0.3) is 0 Å². The minimum Gasteiger partial charge on any atom is -0.494 e.